The van der Waals surface area contributed by atoms with Gasteiger partial charge in [-0.25, -0.2) is 0 Å². The highest BCUT2D eigenvalue weighted by atomic mass is 32.2. The molecule has 2 aromatic carbocycles. The molecular formula is C21H18N4O5S. The number of carbonyl (C=O) groups is 2. The van der Waals surface area contributed by atoms with E-state index in [9.17, 15) is 9.59 Å². The van der Waals surface area contributed by atoms with E-state index < -0.39 is 5.54 Å². The van der Waals surface area contributed by atoms with E-state index in [0.29, 0.717) is 34.3 Å². The van der Waals surface area contributed by atoms with E-state index in [0.717, 1.165) is 11.8 Å². The van der Waals surface area contributed by atoms with Crippen molar-refractivity contribution in [3.8, 4) is 23.0 Å². The summed E-state index contributed by atoms with van der Waals surface area (Å²) in [5, 5.41) is 11.2. The molecule has 1 aromatic heterocycles. The molecule has 1 N–H and O–H groups in total. The zero-order chi connectivity index (χ0) is 21.6. The number of nitrogens with zero attached hydrogens (tertiary/aromatic N) is 3. The first-order chi connectivity index (χ1) is 14.9. The molecule has 2 amide bonds. The molecule has 0 saturated heterocycles. The fraction of sp³-hybridized carbons (Fsp3) is 0.238. The van der Waals surface area contributed by atoms with Gasteiger partial charge in [0.05, 0.1) is 17.1 Å². The van der Waals surface area contributed by atoms with E-state index in [1.807, 2.05) is 18.2 Å². The second-order valence-corrected chi connectivity index (χ2v) is 8.42. The lowest BCUT2D eigenvalue weighted by Gasteiger charge is -2.42. The Morgan fingerprint density at radius 1 is 1.16 bits per heavy atom. The highest BCUT2D eigenvalue weighted by Crippen LogP contribution is 2.38. The molecule has 3 heterocycles. The molecule has 5 rings (SSSR count). The smallest absolute Gasteiger partial charge is 0.277 e. The number of thioether (sulfide) groups is 1. The van der Waals surface area contributed by atoms with E-state index in [-0.39, 0.29) is 29.6 Å². The lowest BCUT2D eigenvalue weighted by molar-refractivity contribution is -0.125. The Bertz CT molecular complexity index is 1190. The first-order valence-electron chi connectivity index (χ1n) is 9.53. The Hall–Kier alpha value is -3.53. The van der Waals surface area contributed by atoms with Crippen LogP contribution in [0.3, 0.4) is 0 Å². The summed E-state index contributed by atoms with van der Waals surface area (Å²) in [6.07, 6.45) is 0. The number of carbonyl (C=O) groups excluding carboxylic acids is 2. The summed E-state index contributed by atoms with van der Waals surface area (Å²) in [7, 11) is 0. The van der Waals surface area contributed by atoms with Gasteiger partial charge in [0.15, 0.2) is 11.5 Å². The molecule has 0 unspecified atom stereocenters. The summed E-state index contributed by atoms with van der Waals surface area (Å²) in [6, 6.07) is 12.6. The standard InChI is InChI=1S/C21H18N4O5S/c1-21(2)19(27)22-13-5-3-4-6-14(13)25(21)17(26)10-31-20-24-23-18(30-20)12-7-8-15-16(9-12)29-11-28-15/h3-9H,10-11H2,1-2H3,(H,22,27). The van der Waals surface area contributed by atoms with E-state index in [2.05, 4.69) is 15.5 Å². The molecule has 0 saturated carbocycles. The van der Waals surface area contributed by atoms with Crippen molar-refractivity contribution in [2.75, 3.05) is 22.8 Å². The van der Waals surface area contributed by atoms with Gasteiger partial charge in [-0.05, 0) is 44.2 Å². The van der Waals surface area contributed by atoms with Crippen LogP contribution in [-0.2, 0) is 9.59 Å². The van der Waals surface area contributed by atoms with E-state index in [1.165, 1.54) is 4.90 Å². The van der Waals surface area contributed by atoms with E-state index >= 15 is 0 Å². The van der Waals surface area contributed by atoms with Crippen LogP contribution in [0.1, 0.15) is 13.8 Å². The highest BCUT2D eigenvalue weighted by Gasteiger charge is 2.43. The molecule has 0 bridgehead atoms. The third kappa shape index (κ3) is 3.38. The van der Waals surface area contributed by atoms with Crippen molar-refractivity contribution in [1.82, 2.24) is 10.2 Å². The van der Waals surface area contributed by atoms with Gasteiger partial charge >= 0.3 is 0 Å². The Morgan fingerprint density at radius 3 is 2.84 bits per heavy atom. The third-order valence-electron chi connectivity index (χ3n) is 5.10. The average Bonchev–Trinajstić information content (AvgIpc) is 3.41. The number of amides is 2. The van der Waals surface area contributed by atoms with Crippen LogP contribution in [0.2, 0.25) is 0 Å². The number of rotatable bonds is 4. The Labute approximate surface area is 181 Å². The number of hydrogen-bond acceptors (Lipinski definition) is 8. The lowest BCUT2D eigenvalue weighted by Crippen LogP contribution is -2.58. The average molecular weight is 438 g/mol. The fourth-order valence-corrected chi connectivity index (χ4v) is 4.11. The number of anilines is 2. The van der Waals surface area contributed by atoms with Crippen molar-refractivity contribution >= 4 is 35.0 Å². The molecule has 0 fully saturated rings. The van der Waals surface area contributed by atoms with Crippen LogP contribution in [0, 0.1) is 0 Å². The van der Waals surface area contributed by atoms with Gasteiger partial charge < -0.3 is 19.2 Å². The Balaban J connectivity index is 1.33. The van der Waals surface area contributed by atoms with Gasteiger partial charge in [-0.15, -0.1) is 10.2 Å². The summed E-state index contributed by atoms with van der Waals surface area (Å²) < 4.78 is 16.4. The molecule has 158 valence electrons. The van der Waals surface area contributed by atoms with Crippen molar-refractivity contribution in [3.63, 3.8) is 0 Å². The number of nitrogens with one attached hydrogen (secondary N) is 1. The predicted octanol–water partition coefficient (Wildman–Crippen LogP) is 3.32. The molecule has 2 aliphatic heterocycles. The SMILES string of the molecule is CC1(C)C(=O)Nc2ccccc2N1C(=O)CSc1nnc(-c2ccc3c(c2)OCO3)o1. The third-order valence-corrected chi connectivity index (χ3v) is 5.91. The topological polar surface area (TPSA) is 107 Å². The maximum absolute atomic E-state index is 13.1. The second-order valence-electron chi connectivity index (χ2n) is 7.49. The summed E-state index contributed by atoms with van der Waals surface area (Å²) in [5.41, 5.74) is 0.924. The minimum atomic E-state index is -1.03. The monoisotopic (exact) mass is 438 g/mol. The highest BCUT2D eigenvalue weighted by molar-refractivity contribution is 7.99. The molecule has 0 radical (unpaired) electrons. The summed E-state index contributed by atoms with van der Waals surface area (Å²) in [4.78, 5) is 27.2. The van der Waals surface area contributed by atoms with Crippen LogP contribution >= 0.6 is 11.8 Å². The first-order valence-corrected chi connectivity index (χ1v) is 10.5. The zero-order valence-corrected chi connectivity index (χ0v) is 17.6. The number of hydrogen-bond donors (Lipinski definition) is 1. The zero-order valence-electron chi connectivity index (χ0n) is 16.7. The van der Waals surface area contributed by atoms with Gasteiger partial charge in [0, 0.05) is 5.56 Å². The number of para-hydroxylation sites is 2. The van der Waals surface area contributed by atoms with Crippen LogP contribution in [0.15, 0.2) is 52.1 Å². The van der Waals surface area contributed by atoms with Crippen LogP contribution in [0.25, 0.3) is 11.5 Å². The van der Waals surface area contributed by atoms with Gasteiger partial charge in [-0.2, -0.15) is 0 Å². The molecule has 10 heteroatoms. The van der Waals surface area contributed by atoms with Crippen molar-refractivity contribution < 1.29 is 23.5 Å². The minimum absolute atomic E-state index is 0.0355. The normalized spacial score (nSPS) is 16.1. The summed E-state index contributed by atoms with van der Waals surface area (Å²) in [6.45, 7) is 3.61. The van der Waals surface area contributed by atoms with Gasteiger partial charge in [-0.3, -0.25) is 14.5 Å². The van der Waals surface area contributed by atoms with E-state index in [4.69, 9.17) is 13.9 Å². The van der Waals surface area contributed by atoms with Crippen LogP contribution in [0.5, 0.6) is 11.5 Å². The summed E-state index contributed by atoms with van der Waals surface area (Å²) in [5.74, 6) is 1.15. The number of ether oxygens (including phenoxy) is 2. The van der Waals surface area contributed by atoms with Crippen LogP contribution in [0.4, 0.5) is 11.4 Å². The molecule has 2 aliphatic rings. The second kappa shape index (κ2) is 7.31. The molecular weight excluding hydrogens is 420 g/mol. The molecule has 9 nitrogen and oxygen atoms in total. The molecule has 0 spiro atoms. The lowest BCUT2D eigenvalue weighted by atomic mass is 9.96. The Morgan fingerprint density at radius 2 is 1.97 bits per heavy atom. The summed E-state index contributed by atoms with van der Waals surface area (Å²) >= 11 is 1.12. The number of aromatic nitrogens is 2. The Kier molecular flexibility index (Phi) is 4.58. The molecule has 31 heavy (non-hydrogen) atoms. The largest absolute Gasteiger partial charge is 0.454 e. The number of benzene rings is 2. The van der Waals surface area contributed by atoms with Gasteiger partial charge in [0.2, 0.25) is 24.5 Å². The first kappa shape index (κ1) is 19.4. The van der Waals surface area contributed by atoms with Crippen molar-refractivity contribution in [1.29, 1.82) is 0 Å². The fourth-order valence-electron chi connectivity index (χ4n) is 3.50. The van der Waals surface area contributed by atoms with Crippen molar-refractivity contribution in [3.05, 3.63) is 42.5 Å². The van der Waals surface area contributed by atoms with Crippen molar-refractivity contribution in [2.24, 2.45) is 0 Å². The maximum atomic E-state index is 13.1. The van der Waals surface area contributed by atoms with E-state index in [1.54, 1.807) is 38.1 Å². The van der Waals surface area contributed by atoms with Crippen molar-refractivity contribution in [2.45, 2.75) is 24.6 Å². The van der Waals surface area contributed by atoms with Gasteiger partial charge in [0.25, 0.3) is 5.22 Å². The van der Waals surface area contributed by atoms with Crippen LogP contribution in [-0.4, -0.2) is 40.1 Å². The minimum Gasteiger partial charge on any atom is -0.454 e. The van der Waals surface area contributed by atoms with Gasteiger partial charge in [-0.1, -0.05) is 23.9 Å². The maximum Gasteiger partial charge on any atom is 0.277 e. The van der Waals surface area contributed by atoms with Crippen LogP contribution < -0.4 is 19.7 Å². The molecule has 3 aromatic rings. The van der Waals surface area contributed by atoms with Gasteiger partial charge in [0.1, 0.15) is 5.54 Å². The number of fused-ring (bicyclic) bond motifs is 2. The molecule has 0 atom stereocenters. The molecule has 0 aliphatic carbocycles. The predicted molar refractivity (Wildman–Crippen MR) is 113 cm³/mol. The quantitative estimate of drug-likeness (QED) is 0.618.